The van der Waals surface area contributed by atoms with E-state index in [2.05, 4.69) is 15.5 Å². The number of tetrazole rings is 1. The van der Waals surface area contributed by atoms with Crippen molar-refractivity contribution in [2.45, 2.75) is 19.4 Å². The summed E-state index contributed by atoms with van der Waals surface area (Å²) in [6, 6.07) is 5.54. The molecule has 21 heavy (non-hydrogen) atoms. The van der Waals surface area contributed by atoms with E-state index in [4.69, 9.17) is 15.2 Å². The molecule has 7 nitrogen and oxygen atoms in total. The first-order valence-electron chi connectivity index (χ1n) is 7.06. The predicted octanol–water partition coefficient (Wildman–Crippen LogP) is 1.36. The van der Waals surface area contributed by atoms with Gasteiger partial charge in [0.2, 0.25) is 0 Å². The van der Waals surface area contributed by atoms with Crippen molar-refractivity contribution < 1.29 is 9.47 Å². The molecule has 1 fully saturated rings. The summed E-state index contributed by atoms with van der Waals surface area (Å²) >= 11 is 0. The van der Waals surface area contributed by atoms with Crippen molar-refractivity contribution in [2.75, 3.05) is 26.1 Å². The molecule has 1 aromatic heterocycles. The SMILES string of the molecule is COc1c(N)cccc1-c1nnnn1CCOCC1CC1. The Labute approximate surface area is 123 Å². The Hall–Kier alpha value is -2.15. The second-order valence-corrected chi connectivity index (χ2v) is 5.17. The summed E-state index contributed by atoms with van der Waals surface area (Å²) in [5.41, 5.74) is 7.27. The molecule has 0 amide bonds. The predicted molar refractivity (Wildman–Crippen MR) is 77.8 cm³/mol. The first-order chi connectivity index (χ1) is 10.3. The number of hydrogen-bond donors (Lipinski definition) is 1. The Morgan fingerprint density at radius 3 is 3.00 bits per heavy atom. The van der Waals surface area contributed by atoms with E-state index >= 15 is 0 Å². The van der Waals surface area contributed by atoms with Crippen molar-refractivity contribution in [1.29, 1.82) is 0 Å². The molecule has 1 aromatic carbocycles. The van der Waals surface area contributed by atoms with Gasteiger partial charge in [-0.1, -0.05) is 6.07 Å². The highest BCUT2D eigenvalue weighted by Crippen LogP contribution is 2.33. The van der Waals surface area contributed by atoms with Crippen molar-refractivity contribution in [3.05, 3.63) is 18.2 Å². The Balaban J connectivity index is 1.73. The van der Waals surface area contributed by atoms with Crippen LogP contribution in [-0.4, -0.2) is 40.5 Å². The van der Waals surface area contributed by atoms with Gasteiger partial charge in [-0.15, -0.1) is 5.10 Å². The first kappa shape index (κ1) is 13.8. The van der Waals surface area contributed by atoms with E-state index < -0.39 is 0 Å². The number of nitrogens with two attached hydrogens (primary N) is 1. The van der Waals surface area contributed by atoms with Crippen LogP contribution in [0.5, 0.6) is 5.75 Å². The molecule has 0 atom stereocenters. The van der Waals surface area contributed by atoms with Gasteiger partial charge >= 0.3 is 0 Å². The summed E-state index contributed by atoms with van der Waals surface area (Å²) in [7, 11) is 1.59. The molecule has 1 aliphatic carbocycles. The fourth-order valence-electron chi connectivity index (χ4n) is 2.19. The highest BCUT2D eigenvalue weighted by molar-refractivity contribution is 5.73. The molecule has 0 unspecified atom stereocenters. The third kappa shape index (κ3) is 3.13. The Morgan fingerprint density at radius 1 is 1.38 bits per heavy atom. The van der Waals surface area contributed by atoms with Crippen LogP contribution in [0.15, 0.2) is 18.2 Å². The molecule has 0 radical (unpaired) electrons. The number of hydrogen-bond acceptors (Lipinski definition) is 6. The quantitative estimate of drug-likeness (QED) is 0.611. The van der Waals surface area contributed by atoms with Crippen molar-refractivity contribution >= 4 is 5.69 Å². The Bertz CT molecular complexity index is 609. The van der Waals surface area contributed by atoms with Crippen LogP contribution in [0.3, 0.4) is 0 Å². The molecule has 3 rings (SSSR count). The highest BCUT2D eigenvalue weighted by atomic mass is 16.5. The lowest BCUT2D eigenvalue weighted by Crippen LogP contribution is -2.11. The minimum absolute atomic E-state index is 0.564. The third-order valence-electron chi connectivity index (χ3n) is 3.52. The van der Waals surface area contributed by atoms with E-state index in [1.165, 1.54) is 12.8 Å². The van der Waals surface area contributed by atoms with Gasteiger partial charge in [0, 0.05) is 6.61 Å². The van der Waals surface area contributed by atoms with Gasteiger partial charge in [0.15, 0.2) is 11.6 Å². The van der Waals surface area contributed by atoms with Crippen LogP contribution in [0.1, 0.15) is 12.8 Å². The van der Waals surface area contributed by atoms with Crippen LogP contribution in [0.2, 0.25) is 0 Å². The summed E-state index contributed by atoms with van der Waals surface area (Å²) in [5, 5.41) is 11.8. The molecule has 0 bridgehead atoms. The molecule has 1 aliphatic rings. The molecule has 112 valence electrons. The van der Waals surface area contributed by atoms with Gasteiger partial charge in [-0.2, -0.15) is 0 Å². The van der Waals surface area contributed by atoms with Gasteiger partial charge in [0.25, 0.3) is 0 Å². The normalized spacial score (nSPS) is 14.3. The zero-order valence-corrected chi connectivity index (χ0v) is 12.0. The second-order valence-electron chi connectivity index (χ2n) is 5.17. The van der Waals surface area contributed by atoms with Crippen LogP contribution in [0, 0.1) is 5.92 Å². The lowest BCUT2D eigenvalue weighted by molar-refractivity contribution is 0.114. The molecule has 1 heterocycles. The lowest BCUT2D eigenvalue weighted by Gasteiger charge is -2.11. The number of aromatic nitrogens is 4. The minimum atomic E-state index is 0.564. The van der Waals surface area contributed by atoms with E-state index in [9.17, 15) is 0 Å². The van der Waals surface area contributed by atoms with Gasteiger partial charge in [-0.25, -0.2) is 4.68 Å². The number of nitrogens with zero attached hydrogens (tertiary/aromatic N) is 4. The van der Waals surface area contributed by atoms with Crippen LogP contribution in [-0.2, 0) is 11.3 Å². The highest BCUT2D eigenvalue weighted by Gasteiger charge is 2.21. The van der Waals surface area contributed by atoms with Gasteiger partial charge in [-0.05, 0) is 41.3 Å². The van der Waals surface area contributed by atoms with Crippen LogP contribution in [0.25, 0.3) is 11.4 Å². The number of ether oxygens (including phenoxy) is 2. The maximum Gasteiger partial charge on any atom is 0.185 e. The monoisotopic (exact) mass is 289 g/mol. The molecule has 1 saturated carbocycles. The van der Waals surface area contributed by atoms with E-state index in [1.807, 2.05) is 12.1 Å². The molecule has 7 heteroatoms. The van der Waals surface area contributed by atoms with Crippen LogP contribution < -0.4 is 10.5 Å². The molecular formula is C14H19N5O2. The van der Waals surface area contributed by atoms with Crippen molar-refractivity contribution in [3.63, 3.8) is 0 Å². The van der Waals surface area contributed by atoms with E-state index in [-0.39, 0.29) is 0 Å². The topological polar surface area (TPSA) is 88.1 Å². The fraction of sp³-hybridized carbons (Fsp3) is 0.500. The van der Waals surface area contributed by atoms with Crippen molar-refractivity contribution in [3.8, 4) is 17.1 Å². The summed E-state index contributed by atoms with van der Waals surface area (Å²) in [4.78, 5) is 0. The van der Waals surface area contributed by atoms with Crippen LogP contribution >= 0.6 is 0 Å². The standard InChI is InChI=1S/C14H19N5O2/c1-20-13-11(3-2-4-12(13)15)14-16-17-18-19(14)7-8-21-9-10-5-6-10/h2-4,10H,5-9,15H2,1H3. The first-order valence-corrected chi connectivity index (χ1v) is 7.06. The summed E-state index contributed by atoms with van der Waals surface area (Å²) in [6.45, 7) is 2.03. The fourth-order valence-corrected chi connectivity index (χ4v) is 2.19. The number of para-hydroxylation sites is 1. The maximum absolute atomic E-state index is 5.92. The van der Waals surface area contributed by atoms with Gasteiger partial charge in [-0.3, -0.25) is 0 Å². The van der Waals surface area contributed by atoms with Crippen LogP contribution in [0.4, 0.5) is 5.69 Å². The number of methoxy groups -OCH3 is 1. The maximum atomic E-state index is 5.92. The largest absolute Gasteiger partial charge is 0.494 e. The molecular weight excluding hydrogens is 270 g/mol. The summed E-state index contributed by atoms with van der Waals surface area (Å²) in [5.74, 6) is 1.98. The molecule has 2 aromatic rings. The Kier molecular flexibility index (Phi) is 4.01. The summed E-state index contributed by atoms with van der Waals surface area (Å²) in [6.07, 6.45) is 2.58. The molecule has 0 aliphatic heterocycles. The second kappa shape index (κ2) is 6.09. The number of nitrogen functional groups attached to an aromatic ring is 1. The third-order valence-corrected chi connectivity index (χ3v) is 3.52. The molecule has 2 N–H and O–H groups in total. The Morgan fingerprint density at radius 2 is 2.24 bits per heavy atom. The number of anilines is 1. The zero-order chi connectivity index (χ0) is 14.7. The van der Waals surface area contributed by atoms with E-state index in [1.54, 1.807) is 17.9 Å². The average molecular weight is 289 g/mol. The lowest BCUT2D eigenvalue weighted by atomic mass is 10.1. The van der Waals surface area contributed by atoms with Gasteiger partial charge in [0.1, 0.15) is 0 Å². The van der Waals surface area contributed by atoms with Crippen molar-refractivity contribution in [1.82, 2.24) is 20.2 Å². The van der Waals surface area contributed by atoms with E-state index in [0.29, 0.717) is 30.4 Å². The molecule has 0 spiro atoms. The zero-order valence-electron chi connectivity index (χ0n) is 12.0. The number of benzene rings is 1. The van der Waals surface area contributed by atoms with E-state index in [0.717, 1.165) is 18.1 Å². The minimum Gasteiger partial charge on any atom is -0.494 e. The van der Waals surface area contributed by atoms with Gasteiger partial charge in [0.05, 0.1) is 31.5 Å². The van der Waals surface area contributed by atoms with Crippen molar-refractivity contribution in [2.24, 2.45) is 5.92 Å². The summed E-state index contributed by atoms with van der Waals surface area (Å²) < 4.78 is 12.7. The smallest absolute Gasteiger partial charge is 0.185 e. The molecule has 0 saturated heterocycles. The van der Waals surface area contributed by atoms with Gasteiger partial charge < -0.3 is 15.2 Å². The number of rotatable bonds is 7. The average Bonchev–Trinajstić information content (AvgIpc) is 3.20.